The van der Waals surface area contributed by atoms with E-state index >= 15 is 0 Å². The first-order valence-corrected chi connectivity index (χ1v) is 8.34. The largest absolute Gasteiger partial charge is 0.388 e. The zero-order valence-corrected chi connectivity index (χ0v) is 12.6. The Morgan fingerprint density at radius 3 is 2.55 bits per heavy atom. The van der Waals surface area contributed by atoms with Crippen molar-refractivity contribution in [1.29, 1.82) is 0 Å². The van der Waals surface area contributed by atoms with Crippen LogP contribution in [0.3, 0.4) is 0 Å². The maximum Gasteiger partial charge on any atom is 0.0787 e. The minimum absolute atomic E-state index is 0.312. The molecule has 2 nitrogen and oxygen atoms in total. The fourth-order valence-electron chi connectivity index (χ4n) is 4.07. The molecular formula is C18H27NO. The molecule has 2 heteroatoms. The molecule has 3 atom stereocenters. The molecule has 110 valence electrons. The van der Waals surface area contributed by atoms with Gasteiger partial charge in [0.2, 0.25) is 0 Å². The van der Waals surface area contributed by atoms with E-state index in [0.29, 0.717) is 0 Å². The summed E-state index contributed by atoms with van der Waals surface area (Å²) < 4.78 is 0. The molecule has 1 saturated carbocycles. The van der Waals surface area contributed by atoms with Crippen molar-refractivity contribution in [2.75, 3.05) is 11.4 Å². The van der Waals surface area contributed by atoms with Crippen molar-refractivity contribution in [1.82, 2.24) is 0 Å². The van der Waals surface area contributed by atoms with E-state index in [4.69, 9.17) is 0 Å². The standard InChI is InChI=1S/C18H27NO/c1-2-18(20)15-9-11-16(12-10-15)19-13-5-7-14-6-3-4-8-17(14)19/h9-12,14,17-18,20H,2-8,13H2,1H3/t14-,17-,18?/m1/s1. The third-order valence-electron chi connectivity index (χ3n) is 5.24. The van der Waals surface area contributed by atoms with Crippen LogP contribution in [-0.4, -0.2) is 17.7 Å². The highest BCUT2D eigenvalue weighted by Gasteiger charge is 2.33. The van der Waals surface area contributed by atoms with Crippen LogP contribution in [0, 0.1) is 5.92 Å². The van der Waals surface area contributed by atoms with Gasteiger partial charge in [-0.1, -0.05) is 31.9 Å². The molecule has 1 aromatic carbocycles. The summed E-state index contributed by atoms with van der Waals surface area (Å²) in [6, 6.07) is 9.40. The van der Waals surface area contributed by atoms with Gasteiger partial charge in [-0.25, -0.2) is 0 Å². The summed E-state index contributed by atoms with van der Waals surface area (Å²) in [5.41, 5.74) is 2.40. The van der Waals surface area contributed by atoms with E-state index in [1.165, 1.54) is 50.8 Å². The quantitative estimate of drug-likeness (QED) is 0.888. The number of aliphatic hydroxyl groups excluding tert-OH is 1. The van der Waals surface area contributed by atoms with Crippen LogP contribution in [0.4, 0.5) is 5.69 Å². The van der Waals surface area contributed by atoms with Gasteiger partial charge in [0.1, 0.15) is 0 Å². The first-order valence-electron chi connectivity index (χ1n) is 8.34. The lowest BCUT2D eigenvalue weighted by atomic mass is 9.78. The maximum atomic E-state index is 9.90. The lowest BCUT2D eigenvalue weighted by Crippen LogP contribution is -2.46. The highest BCUT2D eigenvalue weighted by atomic mass is 16.3. The molecule has 0 amide bonds. The molecule has 1 N–H and O–H groups in total. The minimum Gasteiger partial charge on any atom is -0.388 e. The molecule has 0 spiro atoms. The maximum absolute atomic E-state index is 9.90. The van der Waals surface area contributed by atoms with Crippen molar-refractivity contribution in [2.45, 2.75) is 64.0 Å². The molecule has 1 saturated heterocycles. The van der Waals surface area contributed by atoms with Gasteiger partial charge in [0.05, 0.1) is 6.10 Å². The molecule has 1 aliphatic carbocycles. The molecule has 1 aromatic rings. The summed E-state index contributed by atoms with van der Waals surface area (Å²) in [6.45, 7) is 3.23. The molecule has 2 fully saturated rings. The van der Waals surface area contributed by atoms with Crippen LogP contribution in [0.5, 0.6) is 0 Å². The van der Waals surface area contributed by atoms with Crippen molar-refractivity contribution < 1.29 is 5.11 Å². The Balaban J connectivity index is 1.77. The van der Waals surface area contributed by atoms with Gasteiger partial charge in [0.15, 0.2) is 0 Å². The lowest BCUT2D eigenvalue weighted by molar-refractivity contribution is 0.173. The zero-order chi connectivity index (χ0) is 13.9. The van der Waals surface area contributed by atoms with Crippen LogP contribution in [0.25, 0.3) is 0 Å². The average Bonchev–Trinajstić information content (AvgIpc) is 2.54. The predicted molar refractivity (Wildman–Crippen MR) is 84.0 cm³/mol. The number of piperidine rings is 1. The van der Waals surface area contributed by atoms with Gasteiger partial charge in [-0.3, -0.25) is 0 Å². The number of fused-ring (bicyclic) bond motifs is 1. The summed E-state index contributed by atoms with van der Waals surface area (Å²) >= 11 is 0. The summed E-state index contributed by atoms with van der Waals surface area (Å²) in [4.78, 5) is 2.63. The normalized spacial score (nSPS) is 28.0. The first kappa shape index (κ1) is 13.9. The van der Waals surface area contributed by atoms with Gasteiger partial charge < -0.3 is 10.0 Å². The molecule has 0 radical (unpaired) electrons. The number of hydrogen-bond donors (Lipinski definition) is 1. The molecule has 20 heavy (non-hydrogen) atoms. The predicted octanol–water partition coefficient (Wildman–Crippen LogP) is 4.29. The van der Waals surface area contributed by atoms with Gasteiger partial charge >= 0.3 is 0 Å². The fourth-order valence-corrected chi connectivity index (χ4v) is 4.07. The van der Waals surface area contributed by atoms with E-state index in [1.54, 1.807) is 0 Å². The third kappa shape index (κ3) is 2.71. The van der Waals surface area contributed by atoms with E-state index in [2.05, 4.69) is 29.2 Å². The topological polar surface area (TPSA) is 23.5 Å². The van der Waals surface area contributed by atoms with Crippen LogP contribution in [0.15, 0.2) is 24.3 Å². The number of nitrogens with zero attached hydrogens (tertiary/aromatic N) is 1. The number of benzene rings is 1. The van der Waals surface area contributed by atoms with Crippen molar-refractivity contribution >= 4 is 5.69 Å². The summed E-state index contributed by atoms with van der Waals surface area (Å²) in [6.07, 6.45) is 8.84. The zero-order valence-electron chi connectivity index (χ0n) is 12.6. The highest BCUT2D eigenvalue weighted by molar-refractivity contribution is 5.49. The second-order valence-corrected chi connectivity index (χ2v) is 6.46. The van der Waals surface area contributed by atoms with Gasteiger partial charge in [-0.15, -0.1) is 0 Å². The smallest absolute Gasteiger partial charge is 0.0787 e. The van der Waals surface area contributed by atoms with Gasteiger partial charge in [-0.2, -0.15) is 0 Å². The molecule has 0 bridgehead atoms. The molecular weight excluding hydrogens is 246 g/mol. The van der Waals surface area contributed by atoms with Crippen LogP contribution in [-0.2, 0) is 0 Å². The SMILES string of the molecule is CCC(O)c1ccc(N2CCC[C@H]3CCCC[C@H]32)cc1. The Morgan fingerprint density at radius 1 is 1.10 bits per heavy atom. The Hall–Kier alpha value is -1.02. The number of hydrogen-bond acceptors (Lipinski definition) is 2. The third-order valence-corrected chi connectivity index (χ3v) is 5.24. The van der Waals surface area contributed by atoms with Crippen molar-refractivity contribution in [3.05, 3.63) is 29.8 Å². The molecule has 1 unspecified atom stereocenters. The second kappa shape index (κ2) is 6.17. The Morgan fingerprint density at radius 2 is 1.80 bits per heavy atom. The van der Waals surface area contributed by atoms with E-state index < -0.39 is 0 Å². The monoisotopic (exact) mass is 273 g/mol. The Bertz CT molecular complexity index is 426. The summed E-state index contributed by atoms with van der Waals surface area (Å²) in [5, 5.41) is 9.90. The number of rotatable bonds is 3. The highest BCUT2D eigenvalue weighted by Crippen LogP contribution is 2.37. The van der Waals surface area contributed by atoms with E-state index in [9.17, 15) is 5.11 Å². The lowest BCUT2D eigenvalue weighted by Gasteiger charge is -2.45. The number of anilines is 1. The van der Waals surface area contributed by atoms with Gasteiger partial charge in [-0.05, 0) is 55.7 Å². The molecule has 3 rings (SSSR count). The average molecular weight is 273 g/mol. The van der Waals surface area contributed by atoms with Crippen LogP contribution in [0.2, 0.25) is 0 Å². The molecule has 2 aliphatic rings. The van der Waals surface area contributed by atoms with Crippen molar-refractivity contribution in [3.8, 4) is 0 Å². The fraction of sp³-hybridized carbons (Fsp3) is 0.667. The first-order chi connectivity index (χ1) is 9.79. The van der Waals surface area contributed by atoms with Gasteiger partial charge in [0, 0.05) is 18.3 Å². The van der Waals surface area contributed by atoms with Crippen LogP contribution < -0.4 is 4.90 Å². The molecule has 1 aliphatic heterocycles. The van der Waals surface area contributed by atoms with Crippen molar-refractivity contribution in [2.24, 2.45) is 5.92 Å². The summed E-state index contributed by atoms with van der Waals surface area (Å²) in [7, 11) is 0. The Kier molecular flexibility index (Phi) is 4.30. The summed E-state index contributed by atoms with van der Waals surface area (Å²) in [5.74, 6) is 0.915. The van der Waals surface area contributed by atoms with E-state index in [1.807, 2.05) is 6.92 Å². The minimum atomic E-state index is -0.312. The number of aliphatic hydroxyl groups is 1. The van der Waals surface area contributed by atoms with Crippen LogP contribution >= 0.6 is 0 Å². The van der Waals surface area contributed by atoms with Crippen molar-refractivity contribution in [3.63, 3.8) is 0 Å². The van der Waals surface area contributed by atoms with Gasteiger partial charge in [0.25, 0.3) is 0 Å². The molecule has 0 aromatic heterocycles. The Labute approximate surface area is 122 Å². The van der Waals surface area contributed by atoms with E-state index in [-0.39, 0.29) is 6.10 Å². The second-order valence-electron chi connectivity index (χ2n) is 6.46. The molecule has 1 heterocycles. The van der Waals surface area contributed by atoms with E-state index in [0.717, 1.165) is 23.9 Å². The van der Waals surface area contributed by atoms with Crippen LogP contribution in [0.1, 0.15) is 63.5 Å².